The lowest BCUT2D eigenvalue weighted by atomic mass is 9.92. The van der Waals surface area contributed by atoms with Crippen LogP contribution in [0.1, 0.15) is 48.9 Å². The second-order valence-corrected chi connectivity index (χ2v) is 7.14. The number of nitrogens with zero attached hydrogens (tertiary/aromatic N) is 5. The van der Waals surface area contributed by atoms with Gasteiger partial charge in [0.25, 0.3) is 5.56 Å². The monoisotopic (exact) mass is 358 g/mol. The van der Waals surface area contributed by atoms with Gasteiger partial charge in [-0.3, -0.25) is 9.59 Å². The molecule has 0 radical (unpaired) electrons. The molecule has 0 spiro atoms. The molecule has 3 rings (SSSR count). The van der Waals surface area contributed by atoms with Gasteiger partial charge in [0, 0.05) is 25.1 Å². The van der Waals surface area contributed by atoms with E-state index in [4.69, 9.17) is 0 Å². The Morgan fingerprint density at radius 3 is 2.54 bits per heavy atom. The van der Waals surface area contributed by atoms with Gasteiger partial charge < -0.3 is 9.88 Å². The number of carbonyl (C=O) groups excluding carboxylic acids is 1. The molecular formula is C18H26N6O2. The minimum atomic E-state index is -0.147. The Hall–Kier alpha value is -2.51. The van der Waals surface area contributed by atoms with Crippen molar-refractivity contribution in [2.45, 2.75) is 53.0 Å². The molecule has 1 aliphatic rings. The Bertz CT molecular complexity index is 848. The first-order chi connectivity index (χ1) is 12.3. The molecule has 2 aromatic heterocycles. The fourth-order valence-corrected chi connectivity index (χ4v) is 3.59. The van der Waals surface area contributed by atoms with Gasteiger partial charge in [-0.25, -0.2) is 14.6 Å². The normalized spacial score (nSPS) is 16.7. The number of nitrogens with one attached hydrogen (secondary N) is 1. The molecule has 8 heteroatoms. The maximum atomic E-state index is 12.8. The van der Waals surface area contributed by atoms with Crippen LogP contribution >= 0.6 is 0 Å². The highest BCUT2D eigenvalue weighted by atomic mass is 16.2. The zero-order chi connectivity index (χ0) is 18.8. The summed E-state index contributed by atoms with van der Waals surface area (Å²) in [4.78, 5) is 37.7. The van der Waals surface area contributed by atoms with E-state index in [0.29, 0.717) is 25.5 Å². The highest BCUT2D eigenvalue weighted by Crippen LogP contribution is 2.26. The van der Waals surface area contributed by atoms with E-state index in [1.54, 1.807) is 17.7 Å². The van der Waals surface area contributed by atoms with Crippen LogP contribution in [0, 0.1) is 26.7 Å². The zero-order valence-electron chi connectivity index (χ0n) is 15.8. The lowest BCUT2D eigenvalue weighted by molar-refractivity contribution is -0.136. The van der Waals surface area contributed by atoms with Crippen LogP contribution in [-0.4, -0.2) is 48.6 Å². The molecule has 1 amide bonds. The number of aryl methyl sites for hydroxylation is 3. The second kappa shape index (κ2) is 7.39. The van der Waals surface area contributed by atoms with Gasteiger partial charge in [0.05, 0.1) is 18.2 Å². The maximum Gasteiger partial charge on any atom is 0.251 e. The fraction of sp³-hybridized carbons (Fsp3) is 0.611. The van der Waals surface area contributed by atoms with E-state index in [9.17, 15) is 9.59 Å². The van der Waals surface area contributed by atoms with Gasteiger partial charge in [-0.2, -0.15) is 5.10 Å². The third-order valence-electron chi connectivity index (χ3n) is 4.94. The molecule has 1 unspecified atom stereocenters. The number of likely N-dealkylation sites (tertiary alicyclic amines) is 1. The molecule has 0 aliphatic carbocycles. The summed E-state index contributed by atoms with van der Waals surface area (Å²) in [7, 11) is 0. The summed E-state index contributed by atoms with van der Waals surface area (Å²) in [5.41, 5.74) is 0.721. The minimum Gasteiger partial charge on any atom is -0.342 e. The molecule has 26 heavy (non-hydrogen) atoms. The van der Waals surface area contributed by atoms with Crippen LogP contribution in [0.15, 0.2) is 10.9 Å². The van der Waals surface area contributed by atoms with Crippen molar-refractivity contribution in [2.24, 2.45) is 5.92 Å². The van der Waals surface area contributed by atoms with Gasteiger partial charge in [0.15, 0.2) is 0 Å². The van der Waals surface area contributed by atoms with Crippen LogP contribution in [0.2, 0.25) is 0 Å². The topological polar surface area (TPSA) is 96.8 Å². The molecule has 1 fully saturated rings. The molecule has 3 heterocycles. The molecule has 0 bridgehead atoms. The molecule has 1 atom stereocenters. The second-order valence-electron chi connectivity index (χ2n) is 7.14. The molecule has 1 aliphatic heterocycles. The van der Waals surface area contributed by atoms with Crippen LogP contribution in [0.3, 0.4) is 0 Å². The Balaban J connectivity index is 1.59. The van der Waals surface area contributed by atoms with Crippen molar-refractivity contribution in [1.82, 2.24) is 29.6 Å². The molecular weight excluding hydrogens is 332 g/mol. The Kier molecular flexibility index (Phi) is 5.20. The number of H-pyrrole nitrogens is 1. The predicted molar refractivity (Wildman–Crippen MR) is 96.8 cm³/mol. The number of carbonyl (C=O) groups is 1. The number of amides is 1. The van der Waals surface area contributed by atoms with Crippen molar-refractivity contribution in [3.05, 3.63) is 39.6 Å². The summed E-state index contributed by atoms with van der Waals surface area (Å²) in [6.07, 6.45) is 1.66. The zero-order valence-corrected chi connectivity index (χ0v) is 15.8. The van der Waals surface area contributed by atoms with Gasteiger partial charge in [-0.15, -0.1) is 0 Å². The van der Waals surface area contributed by atoms with E-state index >= 15 is 0 Å². The third kappa shape index (κ3) is 4.00. The van der Waals surface area contributed by atoms with Crippen molar-refractivity contribution in [1.29, 1.82) is 0 Å². The van der Waals surface area contributed by atoms with Crippen LogP contribution in [-0.2, 0) is 11.3 Å². The number of hydrogen-bond acceptors (Lipinski definition) is 5. The van der Waals surface area contributed by atoms with Gasteiger partial charge in [0.1, 0.15) is 17.5 Å². The van der Waals surface area contributed by atoms with E-state index in [0.717, 1.165) is 30.2 Å². The Labute approximate surface area is 152 Å². The summed E-state index contributed by atoms with van der Waals surface area (Å²) >= 11 is 0. The number of hydrogen-bond donors (Lipinski definition) is 1. The molecule has 8 nitrogen and oxygen atoms in total. The van der Waals surface area contributed by atoms with E-state index < -0.39 is 0 Å². The van der Waals surface area contributed by atoms with E-state index in [1.807, 2.05) is 25.7 Å². The summed E-state index contributed by atoms with van der Waals surface area (Å²) in [5.74, 6) is 2.42. The van der Waals surface area contributed by atoms with Gasteiger partial charge in [-0.1, -0.05) is 6.92 Å². The first-order valence-corrected chi connectivity index (χ1v) is 9.08. The Morgan fingerprint density at radius 2 is 1.96 bits per heavy atom. The van der Waals surface area contributed by atoms with Gasteiger partial charge >= 0.3 is 0 Å². The summed E-state index contributed by atoms with van der Waals surface area (Å²) in [5, 5.41) is 4.34. The highest BCUT2D eigenvalue weighted by Gasteiger charge is 2.28. The molecule has 140 valence electrons. The van der Waals surface area contributed by atoms with Crippen molar-refractivity contribution in [3.63, 3.8) is 0 Å². The molecule has 0 saturated carbocycles. The van der Waals surface area contributed by atoms with Crippen LogP contribution in [0.5, 0.6) is 0 Å². The number of aromatic amines is 1. The minimum absolute atomic E-state index is 0.113. The van der Waals surface area contributed by atoms with Crippen LogP contribution in [0.25, 0.3) is 0 Å². The van der Waals surface area contributed by atoms with E-state index in [-0.39, 0.29) is 23.3 Å². The third-order valence-corrected chi connectivity index (χ3v) is 4.94. The van der Waals surface area contributed by atoms with Gasteiger partial charge in [0.2, 0.25) is 5.91 Å². The van der Waals surface area contributed by atoms with Crippen LogP contribution in [0.4, 0.5) is 0 Å². The summed E-state index contributed by atoms with van der Waals surface area (Å²) < 4.78 is 1.80. The maximum absolute atomic E-state index is 12.8. The van der Waals surface area contributed by atoms with Gasteiger partial charge in [-0.05, 0) is 33.6 Å². The van der Waals surface area contributed by atoms with E-state index in [1.165, 1.54) is 0 Å². The molecule has 0 aromatic carbocycles. The summed E-state index contributed by atoms with van der Waals surface area (Å²) in [6.45, 7) is 9.41. The van der Waals surface area contributed by atoms with E-state index in [2.05, 4.69) is 20.1 Å². The van der Waals surface area contributed by atoms with Crippen molar-refractivity contribution < 1.29 is 4.79 Å². The number of aromatic nitrogens is 5. The number of piperidine rings is 1. The fourth-order valence-electron chi connectivity index (χ4n) is 3.59. The van der Waals surface area contributed by atoms with Crippen molar-refractivity contribution >= 4 is 5.91 Å². The number of rotatable bonds is 4. The largest absolute Gasteiger partial charge is 0.342 e. The van der Waals surface area contributed by atoms with Crippen molar-refractivity contribution in [2.75, 3.05) is 13.1 Å². The highest BCUT2D eigenvalue weighted by molar-refractivity contribution is 5.78. The lowest BCUT2D eigenvalue weighted by Gasteiger charge is -2.33. The van der Waals surface area contributed by atoms with Crippen LogP contribution < -0.4 is 5.56 Å². The smallest absolute Gasteiger partial charge is 0.251 e. The lowest BCUT2D eigenvalue weighted by Crippen LogP contribution is -2.42. The molecule has 1 N–H and O–H groups in total. The first kappa shape index (κ1) is 18.3. The summed E-state index contributed by atoms with van der Waals surface area (Å²) in [6, 6.07) is 1.58. The average Bonchev–Trinajstić information content (AvgIpc) is 2.90. The van der Waals surface area contributed by atoms with Crippen molar-refractivity contribution in [3.8, 4) is 0 Å². The first-order valence-electron chi connectivity index (χ1n) is 9.08. The SMILES string of the molecule is Cc1nc(C)n(CC(C)C(=O)N2CCC(c3cc(=O)[nH]c(C)n3)CC2)n1. The Morgan fingerprint density at radius 1 is 1.27 bits per heavy atom. The average molecular weight is 358 g/mol. The molecule has 2 aromatic rings. The molecule has 1 saturated heterocycles. The predicted octanol–water partition coefficient (Wildman–Crippen LogP) is 1.33. The standard InChI is InChI=1S/C18H26N6O2/c1-11(10-24-14(4)19-13(3)22-24)18(26)23-7-5-15(6-8-23)16-9-17(25)21-12(2)20-16/h9,11,15H,5-8,10H2,1-4H3,(H,20,21,25). The quantitative estimate of drug-likeness (QED) is 0.889.